The van der Waals surface area contributed by atoms with Crippen molar-refractivity contribution in [1.29, 1.82) is 0 Å². The minimum atomic E-state index is -1.78. The zero-order valence-corrected chi connectivity index (χ0v) is 40.0. The number of unbranched alkanes of at least 4 members (excludes halogenated alkanes) is 27. The van der Waals surface area contributed by atoms with Crippen LogP contribution in [-0.4, -0.2) is 140 Å². The van der Waals surface area contributed by atoms with E-state index in [9.17, 15) is 45.6 Å². The third-order valence-corrected chi connectivity index (χ3v) is 13.0. The molecule has 2 fully saturated rings. The average molecular weight is 918 g/mol. The van der Waals surface area contributed by atoms with Gasteiger partial charge in [-0.05, 0) is 19.3 Å². The van der Waals surface area contributed by atoms with Crippen molar-refractivity contribution in [3.8, 4) is 0 Å². The van der Waals surface area contributed by atoms with Gasteiger partial charge in [-0.1, -0.05) is 193 Å². The minimum absolute atomic E-state index is 0.239. The molecule has 12 atom stereocenters. The third-order valence-electron chi connectivity index (χ3n) is 13.0. The van der Waals surface area contributed by atoms with Gasteiger partial charge in [0.2, 0.25) is 5.91 Å². The van der Waals surface area contributed by atoms with Gasteiger partial charge < -0.3 is 65.1 Å². The number of aliphatic hydroxyl groups is 8. The van der Waals surface area contributed by atoms with Gasteiger partial charge in [-0.15, -0.1) is 0 Å². The number of ether oxygens (including phenoxy) is 4. The molecule has 0 aromatic rings. The van der Waals surface area contributed by atoms with Crippen LogP contribution in [0, 0.1) is 0 Å². The van der Waals surface area contributed by atoms with E-state index in [1.54, 1.807) is 6.08 Å². The molecule has 378 valence electrons. The van der Waals surface area contributed by atoms with E-state index in [-0.39, 0.29) is 18.9 Å². The molecule has 0 aliphatic carbocycles. The average Bonchev–Trinajstić information content (AvgIpc) is 3.29. The second-order valence-electron chi connectivity index (χ2n) is 18.7. The maximum absolute atomic E-state index is 13.1. The molecule has 4 unspecified atom stereocenters. The van der Waals surface area contributed by atoms with Crippen LogP contribution in [0.4, 0.5) is 0 Å². The van der Waals surface area contributed by atoms with Crippen LogP contribution in [0.1, 0.15) is 206 Å². The van der Waals surface area contributed by atoms with Crippen molar-refractivity contribution in [3.63, 3.8) is 0 Å². The van der Waals surface area contributed by atoms with Crippen LogP contribution in [0.5, 0.6) is 0 Å². The molecule has 2 aliphatic rings. The van der Waals surface area contributed by atoms with Crippen LogP contribution in [0.15, 0.2) is 12.2 Å². The first-order valence-electron chi connectivity index (χ1n) is 25.9. The zero-order valence-electron chi connectivity index (χ0n) is 40.0. The number of amides is 1. The molecule has 14 nitrogen and oxygen atoms in total. The Hall–Kier alpha value is -1.27. The maximum Gasteiger partial charge on any atom is 0.220 e. The van der Waals surface area contributed by atoms with E-state index in [1.165, 1.54) is 141 Å². The summed E-state index contributed by atoms with van der Waals surface area (Å²) in [6.45, 7) is 2.76. The number of hydrogen-bond acceptors (Lipinski definition) is 13. The van der Waals surface area contributed by atoms with Crippen LogP contribution in [0.2, 0.25) is 0 Å². The number of hydrogen-bond donors (Lipinski definition) is 9. The highest BCUT2D eigenvalue weighted by Crippen LogP contribution is 2.30. The van der Waals surface area contributed by atoms with Gasteiger partial charge in [-0.25, -0.2) is 0 Å². The predicted molar refractivity (Wildman–Crippen MR) is 249 cm³/mol. The molecule has 1 amide bonds. The first-order chi connectivity index (χ1) is 31.1. The molecule has 2 rings (SSSR count). The van der Waals surface area contributed by atoms with Crippen molar-refractivity contribution in [3.05, 3.63) is 12.2 Å². The van der Waals surface area contributed by atoms with Gasteiger partial charge in [0.1, 0.15) is 48.8 Å². The van der Waals surface area contributed by atoms with Gasteiger partial charge in [0, 0.05) is 6.42 Å². The molecule has 9 N–H and O–H groups in total. The highest BCUT2D eigenvalue weighted by Gasteiger charge is 2.51. The van der Waals surface area contributed by atoms with E-state index < -0.39 is 86.8 Å². The summed E-state index contributed by atoms with van der Waals surface area (Å²) in [6, 6.07) is -0.906. The van der Waals surface area contributed by atoms with E-state index in [4.69, 9.17) is 18.9 Å². The number of carbonyl (C=O) groups is 1. The van der Waals surface area contributed by atoms with Gasteiger partial charge in [-0.2, -0.15) is 0 Å². The van der Waals surface area contributed by atoms with Crippen molar-refractivity contribution in [1.82, 2.24) is 5.32 Å². The molecule has 0 saturated carbocycles. The van der Waals surface area contributed by atoms with E-state index in [2.05, 4.69) is 19.2 Å². The van der Waals surface area contributed by atoms with Crippen molar-refractivity contribution >= 4 is 5.91 Å². The van der Waals surface area contributed by atoms with Crippen LogP contribution in [0.3, 0.4) is 0 Å². The van der Waals surface area contributed by atoms with E-state index in [1.807, 2.05) is 6.08 Å². The monoisotopic (exact) mass is 918 g/mol. The first-order valence-corrected chi connectivity index (χ1v) is 25.9. The van der Waals surface area contributed by atoms with Crippen LogP contribution < -0.4 is 5.32 Å². The lowest BCUT2D eigenvalue weighted by atomic mass is 9.97. The Morgan fingerprint density at radius 3 is 1.44 bits per heavy atom. The fourth-order valence-electron chi connectivity index (χ4n) is 8.70. The van der Waals surface area contributed by atoms with E-state index >= 15 is 0 Å². The summed E-state index contributed by atoms with van der Waals surface area (Å²) in [6.07, 6.45) is 22.7. The van der Waals surface area contributed by atoms with Gasteiger partial charge >= 0.3 is 0 Å². The molecule has 2 aliphatic heterocycles. The molecule has 0 spiro atoms. The summed E-state index contributed by atoms with van der Waals surface area (Å²) in [4.78, 5) is 13.1. The molecule has 64 heavy (non-hydrogen) atoms. The number of aliphatic hydroxyl groups excluding tert-OH is 8. The highest BCUT2D eigenvalue weighted by atomic mass is 16.7. The molecular weight excluding hydrogens is 823 g/mol. The lowest BCUT2D eigenvalue weighted by Gasteiger charge is -2.46. The number of allylic oxidation sites excluding steroid dienone is 1. The van der Waals surface area contributed by atoms with Gasteiger partial charge in [0.15, 0.2) is 12.6 Å². The molecule has 2 heterocycles. The van der Waals surface area contributed by atoms with Gasteiger partial charge in [0.25, 0.3) is 0 Å². The Morgan fingerprint density at radius 1 is 0.547 bits per heavy atom. The fraction of sp³-hybridized carbons (Fsp3) is 0.940. The summed E-state index contributed by atoms with van der Waals surface area (Å²) >= 11 is 0. The van der Waals surface area contributed by atoms with E-state index in [0.717, 1.165) is 38.5 Å². The Balaban J connectivity index is 1.76. The second kappa shape index (κ2) is 37.7. The van der Waals surface area contributed by atoms with Crippen LogP contribution in [0.25, 0.3) is 0 Å². The van der Waals surface area contributed by atoms with E-state index in [0.29, 0.717) is 6.42 Å². The summed E-state index contributed by atoms with van der Waals surface area (Å²) < 4.78 is 22.6. The van der Waals surface area contributed by atoms with Crippen LogP contribution in [-0.2, 0) is 23.7 Å². The third kappa shape index (κ3) is 24.7. The van der Waals surface area contributed by atoms with Gasteiger partial charge in [0.05, 0.1) is 32.0 Å². The quantitative estimate of drug-likeness (QED) is 0.0229. The second-order valence-corrected chi connectivity index (χ2v) is 18.7. The molecule has 0 radical (unpaired) electrons. The Bertz CT molecular complexity index is 1130. The Labute approximate surface area is 386 Å². The normalized spacial score (nSPS) is 27.3. The molecule has 0 aromatic heterocycles. The lowest BCUT2D eigenvalue weighted by molar-refractivity contribution is -0.359. The van der Waals surface area contributed by atoms with Crippen molar-refractivity contribution in [2.45, 2.75) is 280 Å². The first kappa shape index (κ1) is 58.9. The van der Waals surface area contributed by atoms with Crippen molar-refractivity contribution < 1.29 is 64.6 Å². The molecule has 0 aromatic carbocycles. The van der Waals surface area contributed by atoms with Crippen molar-refractivity contribution in [2.24, 2.45) is 0 Å². The summed E-state index contributed by atoms with van der Waals surface area (Å²) in [5.41, 5.74) is 0. The topological polar surface area (TPSA) is 228 Å². The molecule has 2 saturated heterocycles. The molecule has 0 bridgehead atoms. The highest BCUT2D eigenvalue weighted by molar-refractivity contribution is 5.76. The molecular formula is C50H95NO13. The summed E-state index contributed by atoms with van der Waals surface area (Å²) in [5.74, 6) is -0.239. The SMILES string of the molecule is CCCCCCCCC/C=C/[C@@H](O)[C@H](CO[C@@H]1O[C@H](CO)[C@@H](O[C@@H]2O[C@H](CO)[C@H](O)C(O)C2O)C(O)C1O)NC(=O)CCCCCCCCCCCCCCCCCCCCCCC. The largest absolute Gasteiger partial charge is 0.394 e. The number of rotatable bonds is 40. The lowest BCUT2D eigenvalue weighted by Crippen LogP contribution is -2.65. The molecule has 14 heteroatoms. The number of nitrogens with one attached hydrogen (secondary N) is 1. The van der Waals surface area contributed by atoms with Crippen LogP contribution >= 0.6 is 0 Å². The minimum Gasteiger partial charge on any atom is -0.394 e. The fourth-order valence-corrected chi connectivity index (χ4v) is 8.70. The predicted octanol–water partition coefficient (Wildman–Crippen LogP) is 6.77. The Morgan fingerprint density at radius 2 is 0.969 bits per heavy atom. The van der Waals surface area contributed by atoms with Gasteiger partial charge in [-0.3, -0.25) is 4.79 Å². The summed E-state index contributed by atoms with van der Waals surface area (Å²) in [7, 11) is 0. The smallest absolute Gasteiger partial charge is 0.220 e. The zero-order chi connectivity index (χ0) is 46.8. The standard InChI is InChI=1S/C50H95NO13/c1-3-5-7-9-11-13-14-15-16-17-18-19-20-21-22-23-24-26-28-30-32-34-42(55)51-38(39(54)33-31-29-27-25-12-10-8-6-4-2)37-61-49-47(60)45(58)48(41(36-53)63-49)64-50-46(59)44(57)43(56)40(35-52)62-50/h31,33,38-41,43-50,52-54,56-60H,3-30,32,34-37H2,1-2H3,(H,51,55)/b33-31+/t38-,39+,40+,41+,43-,44?,45?,46?,47?,48+,49+,50-/m0/s1. The maximum atomic E-state index is 13.1. The number of carbonyl (C=O) groups excluding carboxylic acids is 1. The van der Waals surface area contributed by atoms with Crippen molar-refractivity contribution in [2.75, 3.05) is 19.8 Å². The summed E-state index contributed by atoms with van der Waals surface area (Å²) in [5, 5.41) is 86.5. The Kier molecular flexibility index (Phi) is 34.7.